The first kappa shape index (κ1) is 24.8. The Morgan fingerprint density at radius 2 is 1.83 bits per heavy atom. The van der Waals surface area contributed by atoms with Gasteiger partial charge in [0.25, 0.3) is 17.5 Å². The molecular weight excluding hydrogens is 486 g/mol. The van der Waals surface area contributed by atoms with Gasteiger partial charge in [-0.3, -0.25) is 25.0 Å². The highest BCUT2D eigenvalue weighted by Gasteiger charge is 2.23. The Labute approximate surface area is 211 Å². The maximum Gasteiger partial charge on any atom is 0.291 e. The summed E-state index contributed by atoms with van der Waals surface area (Å²) in [5.41, 5.74) is 2.44. The fourth-order valence-electron chi connectivity index (χ4n) is 3.71. The first-order chi connectivity index (χ1) is 17.3. The molecule has 1 fully saturated rings. The van der Waals surface area contributed by atoms with Crippen LogP contribution in [0.4, 0.5) is 22.7 Å². The summed E-state index contributed by atoms with van der Waals surface area (Å²) in [7, 11) is 0. The fraction of sp³-hybridized carbons (Fsp3) is 0.208. The number of carbonyl (C=O) groups excluding carboxylic acids is 2. The van der Waals surface area contributed by atoms with Crippen LogP contribution in [0.5, 0.6) is 0 Å². The predicted molar refractivity (Wildman–Crippen MR) is 138 cm³/mol. The van der Waals surface area contributed by atoms with Gasteiger partial charge in [-0.25, -0.2) is 0 Å². The number of aryl methyl sites for hydroxylation is 1. The number of morpholine rings is 1. The van der Waals surface area contributed by atoms with Crippen molar-refractivity contribution in [1.82, 2.24) is 5.32 Å². The molecule has 1 aliphatic heterocycles. The molecule has 1 aliphatic rings. The highest BCUT2D eigenvalue weighted by Crippen LogP contribution is 2.27. The van der Waals surface area contributed by atoms with E-state index in [-0.39, 0.29) is 28.0 Å². The lowest BCUT2D eigenvalue weighted by Gasteiger charge is -2.30. The molecule has 36 heavy (non-hydrogen) atoms. The molecule has 1 aromatic heterocycles. The van der Waals surface area contributed by atoms with Crippen molar-refractivity contribution in [2.45, 2.75) is 6.92 Å². The topological polar surface area (TPSA) is 139 Å². The third-order valence-corrected chi connectivity index (χ3v) is 5.70. The maximum absolute atomic E-state index is 13.1. The maximum atomic E-state index is 13.1. The number of amides is 2. The van der Waals surface area contributed by atoms with Gasteiger partial charge in [0.2, 0.25) is 0 Å². The molecule has 2 amide bonds. The Morgan fingerprint density at radius 3 is 2.50 bits per heavy atom. The van der Waals surface area contributed by atoms with Crippen LogP contribution in [0.3, 0.4) is 0 Å². The molecule has 186 valence electrons. The van der Waals surface area contributed by atoms with E-state index in [1.807, 2.05) is 11.8 Å². The van der Waals surface area contributed by atoms with Gasteiger partial charge in [-0.2, -0.15) is 0 Å². The summed E-state index contributed by atoms with van der Waals surface area (Å²) >= 11 is 5.30. The van der Waals surface area contributed by atoms with Crippen molar-refractivity contribution in [3.05, 3.63) is 81.8 Å². The van der Waals surface area contributed by atoms with Crippen LogP contribution in [0.2, 0.25) is 0 Å². The molecule has 2 aromatic carbocycles. The lowest BCUT2D eigenvalue weighted by Crippen LogP contribution is -2.39. The number of non-ortho nitro benzene ring substituents is 1. The molecule has 0 bridgehead atoms. The van der Waals surface area contributed by atoms with Crippen molar-refractivity contribution >= 4 is 51.9 Å². The number of nitrogens with one attached hydrogen (secondary N) is 3. The van der Waals surface area contributed by atoms with Crippen LogP contribution < -0.4 is 20.9 Å². The first-order valence-electron chi connectivity index (χ1n) is 11.0. The van der Waals surface area contributed by atoms with Crippen molar-refractivity contribution in [3.63, 3.8) is 0 Å². The third kappa shape index (κ3) is 5.85. The van der Waals surface area contributed by atoms with E-state index in [2.05, 4.69) is 16.0 Å². The second kappa shape index (κ2) is 11.0. The summed E-state index contributed by atoms with van der Waals surface area (Å²) in [6, 6.07) is 12.5. The zero-order valence-electron chi connectivity index (χ0n) is 19.3. The summed E-state index contributed by atoms with van der Waals surface area (Å²) in [6.07, 6.45) is 1.42. The molecular formula is C24H23N5O6S. The number of nitro benzene ring substituents is 1. The van der Waals surface area contributed by atoms with Crippen molar-refractivity contribution in [1.29, 1.82) is 0 Å². The number of anilines is 3. The van der Waals surface area contributed by atoms with E-state index in [9.17, 15) is 19.7 Å². The van der Waals surface area contributed by atoms with E-state index in [0.29, 0.717) is 43.4 Å². The SMILES string of the molecule is Cc1cc(NC(=S)NC(=O)c2cc([N+](=O)[O-])ccc2N2CCOCC2)ccc1NC(=O)c1ccco1. The van der Waals surface area contributed by atoms with E-state index in [0.717, 1.165) is 5.56 Å². The van der Waals surface area contributed by atoms with E-state index in [4.69, 9.17) is 21.4 Å². The molecule has 3 aromatic rings. The van der Waals surface area contributed by atoms with E-state index < -0.39 is 10.8 Å². The van der Waals surface area contributed by atoms with Crippen LogP contribution in [-0.2, 0) is 4.74 Å². The lowest BCUT2D eigenvalue weighted by molar-refractivity contribution is -0.384. The van der Waals surface area contributed by atoms with Crippen LogP contribution >= 0.6 is 12.2 Å². The van der Waals surface area contributed by atoms with Crippen LogP contribution in [0.25, 0.3) is 0 Å². The molecule has 3 N–H and O–H groups in total. The zero-order chi connectivity index (χ0) is 25.7. The minimum absolute atomic E-state index is 0.0196. The average molecular weight is 510 g/mol. The number of furan rings is 1. The van der Waals surface area contributed by atoms with E-state index in [1.54, 1.807) is 36.4 Å². The smallest absolute Gasteiger partial charge is 0.291 e. The molecule has 0 radical (unpaired) electrons. The molecule has 4 rings (SSSR count). The summed E-state index contributed by atoms with van der Waals surface area (Å²) in [6.45, 7) is 3.92. The van der Waals surface area contributed by atoms with Crippen molar-refractivity contribution in [2.24, 2.45) is 0 Å². The third-order valence-electron chi connectivity index (χ3n) is 5.49. The Kier molecular flexibility index (Phi) is 7.56. The number of hydrogen-bond acceptors (Lipinski definition) is 8. The molecule has 0 atom stereocenters. The first-order valence-corrected chi connectivity index (χ1v) is 11.4. The lowest BCUT2D eigenvalue weighted by atomic mass is 10.1. The van der Waals surface area contributed by atoms with Gasteiger partial charge in [0.15, 0.2) is 10.9 Å². The van der Waals surface area contributed by atoms with Crippen LogP contribution in [0, 0.1) is 17.0 Å². The predicted octanol–water partition coefficient (Wildman–Crippen LogP) is 3.71. The summed E-state index contributed by atoms with van der Waals surface area (Å²) in [4.78, 5) is 38.0. The van der Waals surface area contributed by atoms with E-state index in [1.165, 1.54) is 18.4 Å². The average Bonchev–Trinajstić information content (AvgIpc) is 3.41. The monoisotopic (exact) mass is 509 g/mol. The molecule has 1 saturated heterocycles. The summed E-state index contributed by atoms with van der Waals surface area (Å²) in [5, 5.41) is 19.6. The number of carbonyl (C=O) groups is 2. The number of ether oxygens (including phenoxy) is 1. The van der Waals surface area contributed by atoms with E-state index >= 15 is 0 Å². The molecule has 0 unspecified atom stereocenters. The van der Waals surface area contributed by atoms with Crippen LogP contribution in [0.15, 0.2) is 59.2 Å². The number of rotatable bonds is 6. The van der Waals surface area contributed by atoms with Crippen molar-refractivity contribution in [2.75, 3.05) is 41.8 Å². The number of thiocarbonyl (C=S) groups is 1. The molecule has 11 nitrogen and oxygen atoms in total. The minimum atomic E-state index is -0.572. The van der Waals surface area contributed by atoms with Gasteiger partial charge in [0, 0.05) is 36.6 Å². The summed E-state index contributed by atoms with van der Waals surface area (Å²) < 4.78 is 10.5. The Bertz CT molecular complexity index is 1300. The van der Waals surface area contributed by atoms with Crippen LogP contribution in [0.1, 0.15) is 26.5 Å². The van der Waals surface area contributed by atoms with Gasteiger partial charge < -0.3 is 24.7 Å². The highest BCUT2D eigenvalue weighted by atomic mass is 32.1. The largest absolute Gasteiger partial charge is 0.459 e. The molecule has 2 heterocycles. The second-order valence-corrected chi connectivity index (χ2v) is 8.34. The number of benzene rings is 2. The number of hydrogen-bond donors (Lipinski definition) is 3. The Morgan fingerprint density at radius 1 is 1.06 bits per heavy atom. The molecule has 0 spiro atoms. The van der Waals surface area contributed by atoms with Gasteiger partial charge in [0.1, 0.15) is 0 Å². The number of nitrogens with zero attached hydrogens (tertiary/aromatic N) is 2. The second-order valence-electron chi connectivity index (χ2n) is 7.93. The number of nitro groups is 1. The van der Waals surface area contributed by atoms with Gasteiger partial charge >= 0.3 is 0 Å². The normalized spacial score (nSPS) is 13.1. The Balaban J connectivity index is 1.45. The molecule has 0 saturated carbocycles. The van der Waals surface area contributed by atoms with Gasteiger partial charge in [-0.1, -0.05) is 0 Å². The fourth-order valence-corrected chi connectivity index (χ4v) is 3.92. The standard InChI is InChI=1S/C24H23N5O6S/c1-15-13-16(4-6-19(15)26-23(31)21-3-2-10-35-21)25-24(36)27-22(30)18-14-17(29(32)33)5-7-20(18)28-8-11-34-12-9-28/h2-7,10,13-14H,8-9,11-12H2,1H3,(H,26,31)(H2,25,27,30,36). The molecule has 12 heteroatoms. The van der Waals surface area contributed by atoms with Crippen molar-refractivity contribution < 1.29 is 23.7 Å². The minimum Gasteiger partial charge on any atom is -0.459 e. The van der Waals surface area contributed by atoms with Crippen LogP contribution in [-0.4, -0.2) is 48.2 Å². The van der Waals surface area contributed by atoms with Gasteiger partial charge in [0.05, 0.1) is 35.7 Å². The summed E-state index contributed by atoms with van der Waals surface area (Å²) in [5.74, 6) is -0.755. The van der Waals surface area contributed by atoms with Gasteiger partial charge in [-0.05, 0) is 61.1 Å². The zero-order valence-corrected chi connectivity index (χ0v) is 20.1. The quantitative estimate of drug-likeness (QED) is 0.258. The molecule has 0 aliphatic carbocycles. The highest BCUT2D eigenvalue weighted by molar-refractivity contribution is 7.80. The van der Waals surface area contributed by atoms with Crippen molar-refractivity contribution in [3.8, 4) is 0 Å². The van der Waals surface area contributed by atoms with Gasteiger partial charge in [-0.15, -0.1) is 0 Å². The Hall–Kier alpha value is -4.29.